The number of halogens is 1. The second-order valence-corrected chi connectivity index (χ2v) is 6.69. The van der Waals surface area contributed by atoms with Crippen LogP contribution in [0, 0.1) is 0 Å². The van der Waals surface area contributed by atoms with Crippen molar-refractivity contribution in [1.82, 2.24) is 15.5 Å². The van der Waals surface area contributed by atoms with Crippen molar-refractivity contribution in [3.05, 3.63) is 21.8 Å². The van der Waals surface area contributed by atoms with E-state index in [0.29, 0.717) is 5.82 Å². The highest BCUT2D eigenvalue weighted by molar-refractivity contribution is 9.10. The van der Waals surface area contributed by atoms with Crippen LogP contribution in [0.25, 0.3) is 10.7 Å². The Morgan fingerprint density at radius 3 is 2.89 bits per heavy atom. The molecule has 0 aromatic carbocycles. The van der Waals surface area contributed by atoms with Gasteiger partial charge in [-0.15, -0.1) is 11.3 Å². The topological polar surface area (TPSA) is 51.0 Å². The Hall–Kier alpha value is -0.720. The van der Waals surface area contributed by atoms with Gasteiger partial charge in [0.05, 0.1) is 4.88 Å². The van der Waals surface area contributed by atoms with Crippen LogP contribution in [0.2, 0.25) is 0 Å². The SMILES string of the molecule is CC1(c2nc(-c3cc(Br)cs3)no2)CCNCC1. The lowest BCUT2D eigenvalue weighted by atomic mass is 9.81. The molecule has 1 N–H and O–H groups in total. The van der Waals surface area contributed by atoms with Gasteiger partial charge in [0.15, 0.2) is 0 Å². The summed E-state index contributed by atoms with van der Waals surface area (Å²) >= 11 is 5.06. The number of hydrogen-bond acceptors (Lipinski definition) is 5. The summed E-state index contributed by atoms with van der Waals surface area (Å²) in [6.07, 6.45) is 2.09. The molecular formula is C12H14BrN3OS. The summed E-state index contributed by atoms with van der Waals surface area (Å²) in [6.45, 7) is 4.23. The lowest BCUT2D eigenvalue weighted by Crippen LogP contribution is -2.37. The third-order valence-electron chi connectivity index (χ3n) is 3.44. The molecule has 6 heteroatoms. The molecule has 0 amide bonds. The van der Waals surface area contributed by atoms with Gasteiger partial charge in [-0.3, -0.25) is 0 Å². The summed E-state index contributed by atoms with van der Waals surface area (Å²) in [7, 11) is 0. The van der Waals surface area contributed by atoms with Gasteiger partial charge >= 0.3 is 0 Å². The minimum atomic E-state index is 0.0188. The highest BCUT2D eigenvalue weighted by Gasteiger charge is 2.34. The molecular weight excluding hydrogens is 314 g/mol. The minimum Gasteiger partial charge on any atom is -0.338 e. The first-order valence-corrected chi connectivity index (χ1v) is 7.64. The number of aromatic nitrogens is 2. The van der Waals surface area contributed by atoms with Gasteiger partial charge in [-0.05, 0) is 47.9 Å². The largest absolute Gasteiger partial charge is 0.338 e. The number of piperidine rings is 1. The van der Waals surface area contributed by atoms with E-state index in [1.807, 2.05) is 11.4 Å². The maximum atomic E-state index is 5.47. The molecule has 0 unspecified atom stereocenters. The van der Waals surface area contributed by atoms with Gasteiger partial charge in [-0.25, -0.2) is 0 Å². The van der Waals surface area contributed by atoms with E-state index < -0.39 is 0 Å². The summed E-state index contributed by atoms with van der Waals surface area (Å²) in [5.74, 6) is 1.46. The predicted molar refractivity (Wildman–Crippen MR) is 74.8 cm³/mol. The van der Waals surface area contributed by atoms with Crippen molar-refractivity contribution in [2.75, 3.05) is 13.1 Å². The molecule has 0 atom stereocenters. The van der Waals surface area contributed by atoms with Crippen LogP contribution in [0.5, 0.6) is 0 Å². The van der Waals surface area contributed by atoms with E-state index in [0.717, 1.165) is 41.2 Å². The third-order valence-corrected chi connectivity index (χ3v) is 5.12. The molecule has 3 rings (SSSR count). The maximum absolute atomic E-state index is 5.47. The van der Waals surface area contributed by atoms with Gasteiger partial charge in [-0.1, -0.05) is 12.1 Å². The molecule has 1 aliphatic heterocycles. The molecule has 0 bridgehead atoms. The Morgan fingerprint density at radius 2 is 2.22 bits per heavy atom. The Morgan fingerprint density at radius 1 is 1.44 bits per heavy atom. The second kappa shape index (κ2) is 4.75. The van der Waals surface area contributed by atoms with Gasteiger partial charge in [0.2, 0.25) is 11.7 Å². The van der Waals surface area contributed by atoms with Crippen LogP contribution in [0.1, 0.15) is 25.7 Å². The van der Waals surface area contributed by atoms with Gasteiger partial charge in [0, 0.05) is 15.3 Å². The fourth-order valence-electron chi connectivity index (χ4n) is 2.19. The normalized spacial score (nSPS) is 19.0. The van der Waals surface area contributed by atoms with Crippen molar-refractivity contribution in [3.63, 3.8) is 0 Å². The van der Waals surface area contributed by atoms with Crippen molar-refractivity contribution in [2.45, 2.75) is 25.2 Å². The van der Waals surface area contributed by atoms with Crippen LogP contribution in [0.4, 0.5) is 0 Å². The third kappa shape index (κ3) is 2.24. The first-order chi connectivity index (χ1) is 8.67. The van der Waals surface area contributed by atoms with Crippen LogP contribution in [0.15, 0.2) is 20.4 Å². The Bertz CT molecular complexity index is 545. The highest BCUT2D eigenvalue weighted by atomic mass is 79.9. The molecule has 2 aromatic rings. The van der Waals surface area contributed by atoms with Crippen LogP contribution in [0.3, 0.4) is 0 Å². The van der Waals surface area contributed by atoms with E-state index >= 15 is 0 Å². The van der Waals surface area contributed by atoms with Crippen molar-refractivity contribution in [3.8, 4) is 10.7 Å². The molecule has 4 nitrogen and oxygen atoms in total. The van der Waals surface area contributed by atoms with E-state index in [4.69, 9.17) is 4.52 Å². The molecule has 0 spiro atoms. The van der Waals surface area contributed by atoms with Crippen molar-refractivity contribution < 1.29 is 4.52 Å². The standard InChI is InChI=1S/C12H14BrN3OS/c1-12(2-4-14-5-3-12)11-15-10(16-17-11)9-6-8(13)7-18-9/h6-7,14H,2-5H2,1H3. The van der Waals surface area contributed by atoms with Crippen molar-refractivity contribution >= 4 is 27.3 Å². The number of hydrogen-bond donors (Lipinski definition) is 1. The zero-order chi connectivity index (χ0) is 12.6. The highest BCUT2D eigenvalue weighted by Crippen LogP contribution is 2.34. The number of thiophene rings is 1. The van der Waals surface area contributed by atoms with Gasteiger partial charge in [-0.2, -0.15) is 4.98 Å². The zero-order valence-electron chi connectivity index (χ0n) is 10.1. The van der Waals surface area contributed by atoms with Crippen molar-refractivity contribution in [2.24, 2.45) is 0 Å². The van der Waals surface area contributed by atoms with Crippen LogP contribution < -0.4 is 5.32 Å². The molecule has 96 valence electrons. The predicted octanol–water partition coefficient (Wildman–Crippen LogP) is 3.20. The smallest absolute Gasteiger partial charge is 0.233 e. The maximum Gasteiger partial charge on any atom is 0.233 e. The van der Waals surface area contributed by atoms with Crippen LogP contribution in [-0.2, 0) is 5.41 Å². The number of nitrogens with one attached hydrogen (secondary N) is 1. The molecule has 1 aliphatic rings. The van der Waals surface area contributed by atoms with E-state index in [1.165, 1.54) is 0 Å². The lowest BCUT2D eigenvalue weighted by Gasteiger charge is -2.30. The first kappa shape index (κ1) is 12.3. The molecule has 0 radical (unpaired) electrons. The Balaban J connectivity index is 1.89. The zero-order valence-corrected chi connectivity index (χ0v) is 12.5. The van der Waals surface area contributed by atoms with E-state index in [2.05, 4.69) is 38.3 Å². The van der Waals surface area contributed by atoms with Crippen molar-refractivity contribution in [1.29, 1.82) is 0 Å². The molecule has 2 aromatic heterocycles. The number of nitrogens with zero attached hydrogens (tertiary/aromatic N) is 2. The Kier molecular flexibility index (Phi) is 3.25. The second-order valence-electron chi connectivity index (χ2n) is 4.86. The average Bonchev–Trinajstić information content (AvgIpc) is 2.98. The van der Waals surface area contributed by atoms with Gasteiger partial charge in [0.25, 0.3) is 0 Å². The summed E-state index contributed by atoms with van der Waals surface area (Å²) in [6, 6.07) is 2.02. The minimum absolute atomic E-state index is 0.0188. The summed E-state index contributed by atoms with van der Waals surface area (Å²) in [5.41, 5.74) is 0.0188. The first-order valence-electron chi connectivity index (χ1n) is 5.97. The molecule has 3 heterocycles. The molecule has 0 aliphatic carbocycles. The summed E-state index contributed by atoms with van der Waals surface area (Å²) in [4.78, 5) is 5.61. The van der Waals surface area contributed by atoms with E-state index in [9.17, 15) is 0 Å². The molecule has 0 saturated carbocycles. The van der Waals surface area contributed by atoms with Crippen LogP contribution in [-0.4, -0.2) is 23.2 Å². The fraction of sp³-hybridized carbons (Fsp3) is 0.500. The average molecular weight is 328 g/mol. The van der Waals surface area contributed by atoms with E-state index in [1.54, 1.807) is 11.3 Å². The Labute approximate surface area is 118 Å². The lowest BCUT2D eigenvalue weighted by molar-refractivity contribution is 0.241. The quantitative estimate of drug-likeness (QED) is 0.920. The summed E-state index contributed by atoms with van der Waals surface area (Å²) < 4.78 is 6.53. The van der Waals surface area contributed by atoms with Gasteiger partial charge in [0.1, 0.15) is 0 Å². The molecule has 18 heavy (non-hydrogen) atoms. The van der Waals surface area contributed by atoms with Crippen LogP contribution >= 0.6 is 27.3 Å². The van der Waals surface area contributed by atoms with Gasteiger partial charge < -0.3 is 9.84 Å². The molecule has 1 fully saturated rings. The summed E-state index contributed by atoms with van der Waals surface area (Å²) in [5, 5.41) is 9.49. The molecule has 1 saturated heterocycles. The number of rotatable bonds is 2. The van der Waals surface area contributed by atoms with E-state index in [-0.39, 0.29) is 5.41 Å². The monoisotopic (exact) mass is 327 g/mol. The fourth-order valence-corrected chi connectivity index (χ4v) is 3.54.